The highest BCUT2D eigenvalue weighted by Crippen LogP contribution is 2.38. The highest BCUT2D eigenvalue weighted by atomic mass is 31.2. The zero-order valence-corrected chi connectivity index (χ0v) is 34.2. The van der Waals surface area contributed by atoms with E-state index in [2.05, 4.69) is 43.5 Å². The molecule has 2 N–H and O–H groups in total. The summed E-state index contributed by atoms with van der Waals surface area (Å²) in [5.74, 6) is -0.180. The third-order valence-electron chi connectivity index (χ3n) is 9.19. The van der Waals surface area contributed by atoms with Crippen LogP contribution < -0.4 is 10.2 Å². The van der Waals surface area contributed by atoms with Crippen LogP contribution in [-0.2, 0) is 18.4 Å². The molecule has 0 saturated carbocycles. The van der Waals surface area contributed by atoms with Crippen LogP contribution in [0.4, 0.5) is 0 Å². The van der Waals surface area contributed by atoms with Crippen molar-refractivity contribution in [3.05, 3.63) is 24.3 Å². The van der Waals surface area contributed by atoms with Crippen molar-refractivity contribution in [2.45, 2.75) is 193 Å². The first kappa shape index (κ1) is 49.0. The Morgan fingerprint density at radius 2 is 1.16 bits per heavy atom. The predicted octanol–water partition coefficient (Wildman–Crippen LogP) is 10.3. The fourth-order valence-corrected chi connectivity index (χ4v) is 6.56. The normalized spacial score (nSPS) is 14.8. The summed E-state index contributed by atoms with van der Waals surface area (Å²) in [6.45, 7) is 4.67. The summed E-state index contributed by atoms with van der Waals surface area (Å²) in [6.07, 6.45) is 37.4. The number of rotatable bonds is 37. The lowest BCUT2D eigenvalue weighted by Crippen LogP contribution is -2.46. The standard InChI is InChI=1S/C41H81N2O6P/c1-6-8-10-12-14-16-18-20-21-23-25-27-29-31-33-35-41(45)42-39(38-49-50(46,47)48-37-36-43(3,4)5)40(44)34-32-30-28-26-24-22-19-17-15-13-11-9-7-2/h14,16,20-21,39-40,44H,6-13,15,17-19,22-38H2,1-5H3,(H-,42,45,46,47)/b16-14-,21-20-/t39-,40+/m0/s1. The first-order valence-electron chi connectivity index (χ1n) is 20.7. The first-order chi connectivity index (χ1) is 24.0. The van der Waals surface area contributed by atoms with E-state index in [4.69, 9.17) is 9.05 Å². The fraction of sp³-hybridized carbons (Fsp3) is 0.878. The van der Waals surface area contributed by atoms with Crippen LogP contribution in [0.25, 0.3) is 0 Å². The number of quaternary nitrogens is 1. The van der Waals surface area contributed by atoms with E-state index < -0.39 is 20.0 Å². The number of nitrogens with zero attached hydrogens (tertiary/aromatic N) is 1. The molecule has 0 aliphatic heterocycles. The molecule has 0 heterocycles. The number of carbonyl (C=O) groups is 1. The summed E-state index contributed by atoms with van der Waals surface area (Å²) < 4.78 is 23.2. The number of carbonyl (C=O) groups excluding carboxylic acids is 1. The van der Waals surface area contributed by atoms with Crippen molar-refractivity contribution in [2.24, 2.45) is 0 Å². The van der Waals surface area contributed by atoms with Crippen molar-refractivity contribution in [3.8, 4) is 0 Å². The molecule has 1 unspecified atom stereocenters. The molecule has 0 aromatic rings. The van der Waals surface area contributed by atoms with Gasteiger partial charge in [-0.25, -0.2) is 0 Å². The molecule has 8 nitrogen and oxygen atoms in total. The van der Waals surface area contributed by atoms with Gasteiger partial charge < -0.3 is 28.8 Å². The van der Waals surface area contributed by atoms with Gasteiger partial charge in [-0.1, -0.05) is 154 Å². The number of unbranched alkanes of at least 4 members (excludes halogenated alkanes) is 20. The SMILES string of the molecule is CCCCC/C=C\C/C=C\CCCCCCCC(=O)N[C@@H](COP(=O)([O-])OCC[N+](C)(C)C)[C@H](O)CCCCCCCCCCCCCCC. The maximum atomic E-state index is 12.8. The van der Waals surface area contributed by atoms with Gasteiger partial charge in [0.25, 0.3) is 7.82 Å². The van der Waals surface area contributed by atoms with E-state index in [-0.39, 0.29) is 19.1 Å². The number of allylic oxidation sites excluding steroid dienone is 4. The molecule has 0 aromatic carbocycles. The van der Waals surface area contributed by atoms with Gasteiger partial charge in [-0.15, -0.1) is 0 Å². The van der Waals surface area contributed by atoms with Crippen LogP contribution >= 0.6 is 7.82 Å². The van der Waals surface area contributed by atoms with Crippen LogP contribution in [-0.4, -0.2) is 68.5 Å². The second-order valence-electron chi connectivity index (χ2n) is 15.3. The molecule has 0 aromatic heterocycles. The Morgan fingerprint density at radius 1 is 0.700 bits per heavy atom. The Bertz CT molecular complexity index is 876. The number of hydrogen-bond acceptors (Lipinski definition) is 6. The van der Waals surface area contributed by atoms with Crippen LogP contribution in [0.2, 0.25) is 0 Å². The maximum Gasteiger partial charge on any atom is 0.268 e. The number of hydrogen-bond donors (Lipinski definition) is 2. The van der Waals surface area contributed by atoms with Crippen LogP contribution in [0.5, 0.6) is 0 Å². The van der Waals surface area contributed by atoms with Gasteiger partial charge in [0.2, 0.25) is 5.91 Å². The number of aliphatic hydroxyl groups is 1. The second-order valence-corrected chi connectivity index (χ2v) is 16.8. The molecule has 9 heteroatoms. The topological polar surface area (TPSA) is 108 Å². The molecule has 0 aliphatic carbocycles. The van der Waals surface area contributed by atoms with E-state index >= 15 is 0 Å². The molecule has 0 aliphatic rings. The van der Waals surface area contributed by atoms with Crippen molar-refractivity contribution >= 4 is 13.7 Å². The Morgan fingerprint density at radius 3 is 1.70 bits per heavy atom. The van der Waals surface area contributed by atoms with E-state index in [0.29, 0.717) is 23.9 Å². The molecule has 0 fully saturated rings. The summed E-state index contributed by atoms with van der Waals surface area (Å²) in [5, 5.41) is 13.8. The lowest BCUT2D eigenvalue weighted by Gasteiger charge is -2.30. The number of aliphatic hydroxyl groups excluding tert-OH is 1. The molecule has 0 rings (SSSR count). The minimum Gasteiger partial charge on any atom is -0.756 e. The van der Waals surface area contributed by atoms with E-state index in [1.807, 2.05) is 21.1 Å². The van der Waals surface area contributed by atoms with Gasteiger partial charge in [0.15, 0.2) is 0 Å². The second kappa shape index (κ2) is 33.8. The van der Waals surface area contributed by atoms with E-state index in [0.717, 1.165) is 64.2 Å². The third kappa shape index (κ3) is 35.4. The number of likely N-dealkylation sites (N-methyl/N-ethyl adjacent to an activating group) is 1. The van der Waals surface area contributed by atoms with Gasteiger partial charge in [0.1, 0.15) is 13.2 Å². The van der Waals surface area contributed by atoms with E-state index in [9.17, 15) is 19.4 Å². The zero-order chi connectivity index (χ0) is 37.2. The molecule has 0 radical (unpaired) electrons. The van der Waals surface area contributed by atoms with E-state index in [1.54, 1.807) is 0 Å². The first-order valence-corrected chi connectivity index (χ1v) is 22.1. The smallest absolute Gasteiger partial charge is 0.268 e. The molecule has 1 amide bonds. The Labute approximate surface area is 309 Å². The summed E-state index contributed by atoms with van der Waals surface area (Å²) in [7, 11) is 1.29. The summed E-state index contributed by atoms with van der Waals surface area (Å²) in [5.41, 5.74) is 0. The zero-order valence-electron chi connectivity index (χ0n) is 33.4. The lowest BCUT2D eigenvalue weighted by atomic mass is 10.0. The molecular weight excluding hydrogens is 647 g/mol. The number of amides is 1. The Balaban J connectivity index is 4.45. The van der Waals surface area contributed by atoms with Gasteiger partial charge in [0, 0.05) is 6.42 Å². The van der Waals surface area contributed by atoms with Crippen LogP contribution in [0.1, 0.15) is 181 Å². The summed E-state index contributed by atoms with van der Waals surface area (Å²) in [4.78, 5) is 25.2. The highest BCUT2D eigenvalue weighted by Gasteiger charge is 2.24. The fourth-order valence-electron chi connectivity index (χ4n) is 5.83. The number of phosphoric acid groups is 1. The molecule has 0 bridgehead atoms. The molecular formula is C41H81N2O6P. The predicted molar refractivity (Wildman–Crippen MR) is 210 cm³/mol. The summed E-state index contributed by atoms with van der Waals surface area (Å²) in [6, 6.07) is -0.804. The number of nitrogens with one attached hydrogen (secondary N) is 1. The Kier molecular flexibility index (Phi) is 33.1. The minimum atomic E-state index is -4.56. The average molecular weight is 729 g/mol. The van der Waals surface area contributed by atoms with Crippen molar-refractivity contribution in [3.63, 3.8) is 0 Å². The van der Waals surface area contributed by atoms with E-state index in [1.165, 1.54) is 89.9 Å². The largest absolute Gasteiger partial charge is 0.756 e. The molecule has 0 saturated heterocycles. The van der Waals surface area contributed by atoms with Crippen molar-refractivity contribution in [2.75, 3.05) is 40.9 Å². The van der Waals surface area contributed by atoms with Crippen molar-refractivity contribution in [1.82, 2.24) is 5.32 Å². The molecule has 0 spiro atoms. The van der Waals surface area contributed by atoms with Gasteiger partial charge in [-0.2, -0.15) is 0 Å². The van der Waals surface area contributed by atoms with Crippen LogP contribution in [0.3, 0.4) is 0 Å². The van der Waals surface area contributed by atoms with Gasteiger partial charge in [-0.3, -0.25) is 9.36 Å². The van der Waals surface area contributed by atoms with Gasteiger partial charge >= 0.3 is 0 Å². The summed E-state index contributed by atoms with van der Waals surface area (Å²) >= 11 is 0. The molecule has 3 atom stereocenters. The molecule has 50 heavy (non-hydrogen) atoms. The quantitative estimate of drug-likeness (QED) is 0.0285. The molecule has 296 valence electrons. The minimum absolute atomic E-state index is 0.00956. The number of phosphoric ester groups is 1. The van der Waals surface area contributed by atoms with Gasteiger partial charge in [0.05, 0.1) is 39.9 Å². The van der Waals surface area contributed by atoms with Crippen LogP contribution in [0, 0.1) is 0 Å². The van der Waals surface area contributed by atoms with Gasteiger partial charge in [-0.05, 0) is 44.9 Å². The monoisotopic (exact) mass is 729 g/mol. The van der Waals surface area contributed by atoms with Crippen LogP contribution in [0.15, 0.2) is 24.3 Å². The Hall–Kier alpha value is -1.02. The maximum absolute atomic E-state index is 12.8. The third-order valence-corrected chi connectivity index (χ3v) is 10.2. The highest BCUT2D eigenvalue weighted by molar-refractivity contribution is 7.45. The van der Waals surface area contributed by atoms with Crippen molar-refractivity contribution < 1.29 is 32.9 Å². The average Bonchev–Trinajstić information content (AvgIpc) is 3.06. The lowest BCUT2D eigenvalue weighted by molar-refractivity contribution is -0.870. The van der Waals surface area contributed by atoms with Crippen molar-refractivity contribution in [1.29, 1.82) is 0 Å².